The Hall–Kier alpha value is -2.72. The Labute approximate surface area is 173 Å². The summed E-state index contributed by atoms with van der Waals surface area (Å²) in [5.74, 6) is 0.787. The van der Waals surface area contributed by atoms with Crippen molar-refractivity contribution in [2.45, 2.75) is 26.7 Å². The van der Waals surface area contributed by atoms with Gasteiger partial charge in [-0.05, 0) is 50.9 Å². The van der Waals surface area contributed by atoms with Crippen LogP contribution in [0.3, 0.4) is 0 Å². The molecule has 1 fully saturated rings. The van der Waals surface area contributed by atoms with Crippen LogP contribution in [-0.2, 0) is 0 Å². The molecule has 0 unspecified atom stereocenters. The summed E-state index contributed by atoms with van der Waals surface area (Å²) in [7, 11) is 0. The van der Waals surface area contributed by atoms with Gasteiger partial charge in [0.25, 0.3) is 5.91 Å². The molecule has 0 saturated carbocycles. The second-order valence-electron chi connectivity index (χ2n) is 7.98. The van der Waals surface area contributed by atoms with Gasteiger partial charge in [-0.2, -0.15) is 0 Å². The van der Waals surface area contributed by atoms with Gasteiger partial charge in [0.15, 0.2) is 0 Å². The predicted octanol–water partition coefficient (Wildman–Crippen LogP) is 4.67. The Morgan fingerprint density at radius 2 is 1.83 bits per heavy atom. The number of aryl methyl sites for hydroxylation is 1. The highest BCUT2D eigenvalue weighted by Gasteiger charge is 2.25. The number of carbonyl (C=O) groups is 1. The fourth-order valence-electron chi connectivity index (χ4n) is 4.08. The van der Waals surface area contributed by atoms with Gasteiger partial charge in [-0.3, -0.25) is 4.79 Å². The van der Waals surface area contributed by atoms with E-state index in [1.807, 2.05) is 35.2 Å². The first-order valence-electron chi connectivity index (χ1n) is 10.6. The summed E-state index contributed by atoms with van der Waals surface area (Å²) in [6, 6.07) is 18.3. The third kappa shape index (κ3) is 4.33. The van der Waals surface area contributed by atoms with E-state index in [1.54, 1.807) is 0 Å². The van der Waals surface area contributed by atoms with Gasteiger partial charge in [-0.25, -0.2) is 4.98 Å². The molecule has 1 N–H and O–H groups in total. The van der Waals surface area contributed by atoms with E-state index in [0.717, 1.165) is 66.7 Å². The van der Waals surface area contributed by atoms with Gasteiger partial charge >= 0.3 is 0 Å². The van der Waals surface area contributed by atoms with Crippen LogP contribution in [0.5, 0.6) is 0 Å². The number of carbonyl (C=O) groups excluding carboxylic acids is 1. The number of likely N-dealkylation sites (tertiary alicyclic amines) is 1. The van der Waals surface area contributed by atoms with Crippen molar-refractivity contribution in [3.05, 3.63) is 65.7 Å². The van der Waals surface area contributed by atoms with Crippen LogP contribution in [-0.4, -0.2) is 42.0 Å². The summed E-state index contributed by atoms with van der Waals surface area (Å²) < 4.78 is 0. The SMILES string of the molecule is CCNCC1CCN(C(=O)c2cc(-c3ccc(C)cc3)nc3ccccc23)CC1. The van der Waals surface area contributed by atoms with Crippen molar-refractivity contribution in [3.8, 4) is 11.3 Å². The number of para-hydroxylation sites is 1. The van der Waals surface area contributed by atoms with Crippen molar-refractivity contribution in [2.75, 3.05) is 26.2 Å². The van der Waals surface area contributed by atoms with Gasteiger partial charge in [0.1, 0.15) is 0 Å². The van der Waals surface area contributed by atoms with Crippen LogP contribution >= 0.6 is 0 Å². The standard InChI is InChI=1S/C25H29N3O/c1-3-26-17-19-12-14-28(15-13-19)25(29)22-16-24(20-10-8-18(2)9-11-20)27-23-7-5-4-6-21(22)23/h4-11,16,19,26H,3,12-15,17H2,1-2H3. The number of pyridine rings is 1. The number of piperidine rings is 1. The largest absolute Gasteiger partial charge is 0.339 e. The summed E-state index contributed by atoms with van der Waals surface area (Å²) in [6.45, 7) is 7.92. The molecule has 1 aliphatic rings. The molecule has 1 aliphatic heterocycles. The number of amides is 1. The van der Waals surface area contributed by atoms with Crippen molar-refractivity contribution in [1.82, 2.24) is 15.2 Å². The van der Waals surface area contributed by atoms with Crippen LogP contribution in [0.15, 0.2) is 54.6 Å². The molecule has 150 valence electrons. The van der Waals surface area contributed by atoms with E-state index in [4.69, 9.17) is 4.98 Å². The molecule has 2 heterocycles. The molecule has 1 saturated heterocycles. The lowest BCUT2D eigenvalue weighted by molar-refractivity contribution is 0.0692. The first-order valence-corrected chi connectivity index (χ1v) is 10.6. The second-order valence-corrected chi connectivity index (χ2v) is 7.98. The Bertz CT molecular complexity index is 989. The molecule has 1 aromatic heterocycles. The molecule has 0 atom stereocenters. The molecule has 2 aromatic carbocycles. The number of rotatable bonds is 5. The van der Waals surface area contributed by atoms with E-state index in [-0.39, 0.29) is 5.91 Å². The molecule has 0 spiro atoms. The highest BCUT2D eigenvalue weighted by molar-refractivity contribution is 6.07. The van der Waals surface area contributed by atoms with Crippen LogP contribution in [0.2, 0.25) is 0 Å². The second kappa shape index (κ2) is 8.75. The molecule has 0 aliphatic carbocycles. The molecule has 3 aromatic rings. The molecule has 4 heteroatoms. The highest BCUT2D eigenvalue weighted by Crippen LogP contribution is 2.27. The minimum absolute atomic E-state index is 0.124. The quantitative estimate of drug-likeness (QED) is 0.692. The van der Waals surface area contributed by atoms with Crippen LogP contribution in [0.25, 0.3) is 22.2 Å². The highest BCUT2D eigenvalue weighted by atomic mass is 16.2. The van der Waals surface area contributed by atoms with Crippen LogP contribution in [0.4, 0.5) is 0 Å². The molecule has 4 nitrogen and oxygen atoms in total. The molecule has 0 radical (unpaired) electrons. The van der Waals surface area contributed by atoms with E-state index in [1.165, 1.54) is 5.56 Å². The van der Waals surface area contributed by atoms with Crippen molar-refractivity contribution < 1.29 is 4.79 Å². The lowest BCUT2D eigenvalue weighted by Crippen LogP contribution is -2.40. The number of benzene rings is 2. The normalized spacial score (nSPS) is 15.0. The van der Waals surface area contributed by atoms with Gasteiger partial charge in [0, 0.05) is 24.0 Å². The van der Waals surface area contributed by atoms with Gasteiger partial charge in [0.2, 0.25) is 0 Å². The van der Waals surface area contributed by atoms with E-state index in [2.05, 4.69) is 43.4 Å². The third-order valence-corrected chi connectivity index (χ3v) is 5.88. The van der Waals surface area contributed by atoms with Gasteiger partial charge in [0.05, 0.1) is 16.8 Å². The van der Waals surface area contributed by atoms with Gasteiger partial charge in [-0.15, -0.1) is 0 Å². The monoisotopic (exact) mass is 387 g/mol. The van der Waals surface area contributed by atoms with Crippen molar-refractivity contribution in [1.29, 1.82) is 0 Å². The smallest absolute Gasteiger partial charge is 0.254 e. The summed E-state index contributed by atoms with van der Waals surface area (Å²) in [4.78, 5) is 20.3. The third-order valence-electron chi connectivity index (χ3n) is 5.88. The molecule has 0 bridgehead atoms. The Morgan fingerprint density at radius 3 is 2.55 bits per heavy atom. The Balaban J connectivity index is 1.64. The average Bonchev–Trinajstić information content (AvgIpc) is 2.77. The van der Waals surface area contributed by atoms with E-state index >= 15 is 0 Å². The lowest BCUT2D eigenvalue weighted by atomic mass is 9.95. The minimum atomic E-state index is 0.124. The summed E-state index contributed by atoms with van der Waals surface area (Å²) >= 11 is 0. The summed E-state index contributed by atoms with van der Waals surface area (Å²) in [6.07, 6.45) is 2.12. The number of aromatic nitrogens is 1. The van der Waals surface area contributed by atoms with Crippen LogP contribution in [0, 0.1) is 12.8 Å². The fourth-order valence-corrected chi connectivity index (χ4v) is 4.08. The Morgan fingerprint density at radius 1 is 1.10 bits per heavy atom. The lowest BCUT2D eigenvalue weighted by Gasteiger charge is -2.32. The molecule has 1 amide bonds. The number of hydrogen-bond donors (Lipinski definition) is 1. The fraction of sp³-hybridized carbons (Fsp3) is 0.360. The van der Waals surface area contributed by atoms with Gasteiger partial charge in [-0.1, -0.05) is 55.0 Å². The van der Waals surface area contributed by atoms with Crippen molar-refractivity contribution in [2.24, 2.45) is 5.92 Å². The average molecular weight is 388 g/mol. The zero-order valence-electron chi connectivity index (χ0n) is 17.3. The number of fused-ring (bicyclic) bond motifs is 1. The first kappa shape index (κ1) is 19.6. The first-order chi connectivity index (χ1) is 14.2. The van der Waals surface area contributed by atoms with Crippen LogP contribution in [0.1, 0.15) is 35.7 Å². The number of hydrogen-bond acceptors (Lipinski definition) is 3. The summed E-state index contributed by atoms with van der Waals surface area (Å²) in [5.41, 5.74) is 4.74. The zero-order valence-corrected chi connectivity index (χ0v) is 17.3. The van der Waals surface area contributed by atoms with E-state index in [0.29, 0.717) is 5.92 Å². The molecule has 29 heavy (non-hydrogen) atoms. The maximum atomic E-state index is 13.5. The maximum absolute atomic E-state index is 13.5. The number of nitrogens with one attached hydrogen (secondary N) is 1. The summed E-state index contributed by atoms with van der Waals surface area (Å²) in [5, 5.41) is 4.37. The zero-order chi connectivity index (χ0) is 20.2. The topological polar surface area (TPSA) is 45.2 Å². The number of nitrogens with zero attached hydrogens (tertiary/aromatic N) is 2. The van der Waals surface area contributed by atoms with Gasteiger partial charge < -0.3 is 10.2 Å². The molecule has 4 rings (SSSR count). The molecular weight excluding hydrogens is 358 g/mol. The maximum Gasteiger partial charge on any atom is 0.254 e. The molecular formula is C25H29N3O. The van der Waals surface area contributed by atoms with E-state index in [9.17, 15) is 4.79 Å². The van der Waals surface area contributed by atoms with Crippen molar-refractivity contribution >= 4 is 16.8 Å². The minimum Gasteiger partial charge on any atom is -0.339 e. The van der Waals surface area contributed by atoms with E-state index < -0.39 is 0 Å². The van der Waals surface area contributed by atoms with Crippen LogP contribution < -0.4 is 5.32 Å². The predicted molar refractivity (Wildman–Crippen MR) is 119 cm³/mol. The Kier molecular flexibility index (Phi) is 5.91. The van der Waals surface area contributed by atoms with Crippen molar-refractivity contribution in [3.63, 3.8) is 0 Å².